The summed E-state index contributed by atoms with van der Waals surface area (Å²) in [6.07, 6.45) is 3.11. The minimum absolute atomic E-state index is 0.0231. The number of nitrogens with two attached hydrogens (primary N) is 3. The van der Waals surface area contributed by atoms with E-state index in [2.05, 4.69) is 22.6 Å². The molecular formula is C14H25N5O8S. The number of carboxylic acid groups (broad SMARTS) is 4. The Hall–Kier alpha value is -2.68. The third kappa shape index (κ3) is 15.6. The van der Waals surface area contributed by atoms with E-state index < -0.39 is 42.0 Å². The Kier molecular flexibility index (Phi) is 15.1. The van der Waals surface area contributed by atoms with Crippen molar-refractivity contribution in [1.82, 2.24) is 9.97 Å². The van der Waals surface area contributed by atoms with E-state index in [1.165, 1.54) is 6.33 Å². The molecule has 14 heteroatoms. The second-order valence-corrected chi connectivity index (χ2v) is 5.60. The smallest absolute Gasteiger partial charge is 0.321 e. The van der Waals surface area contributed by atoms with Gasteiger partial charge >= 0.3 is 23.9 Å². The fourth-order valence-corrected chi connectivity index (χ4v) is 1.36. The normalized spacial score (nSPS) is 12.9. The van der Waals surface area contributed by atoms with Crippen LogP contribution in [0.15, 0.2) is 12.5 Å². The van der Waals surface area contributed by atoms with Crippen LogP contribution in [0.5, 0.6) is 0 Å². The molecule has 13 nitrogen and oxygen atoms in total. The second-order valence-electron chi connectivity index (χ2n) is 5.23. The topological polar surface area (TPSA) is 256 Å². The number of aromatic nitrogens is 2. The van der Waals surface area contributed by atoms with Crippen molar-refractivity contribution in [3.63, 3.8) is 0 Å². The lowest BCUT2D eigenvalue weighted by molar-refractivity contribution is -0.140. The number of thiol groups is 1. The maximum Gasteiger partial charge on any atom is 0.321 e. The van der Waals surface area contributed by atoms with Crippen molar-refractivity contribution in [2.24, 2.45) is 17.2 Å². The van der Waals surface area contributed by atoms with Gasteiger partial charge in [0.25, 0.3) is 0 Å². The van der Waals surface area contributed by atoms with E-state index in [1.807, 2.05) is 0 Å². The first-order chi connectivity index (χ1) is 12.9. The quantitative estimate of drug-likeness (QED) is 0.194. The van der Waals surface area contributed by atoms with Crippen LogP contribution in [-0.4, -0.2) is 78.1 Å². The molecule has 0 aliphatic carbocycles. The molecule has 28 heavy (non-hydrogen) atoms. The van der Waals surface area contributed by atoms with Gasteiger partial charge in [0, 0.05) is 30.5 Å². The Morgan fingerprint density at radius 1 is 0.964 bits per heavy atom. The molecule has 0 amide bonds. The minimum atomic E-state index is -1.17. The molecule has 160 valence electrons. The molecule has 0 aromatic carbocycles. The van der Waals surface area contributed by atoms with Crippen LogP contribution < -0.4 is 17.2 Å². The summed E-state index contributed by atoms with van der Waals surface area (Å²) in [4.78, 5) is 46.4. The van der Waals surface area contributed by atoms with Crippen LogP contribution in [0.3, 0.4) is 0 Å². The molecule has 3 unspecified atom stereocenters. The van der Waals surface area contributed by atoms with Crippen LogP contribution in [0.1, 0.15) is 18.5 Å². The number of aliphatic carboxylic acids is 4. The molecule has 1 heterocycles. The number of imidazole rings is 1. The van der Waals surface area contributed by atoms with Crippen LogP contribution >= 0.6 is 12.6 Å². The molecule has 1 rings (SSSR count). The predicted octanol–water partition coefficient (Wildman–Crippen LogP) is -2.04. The largest absolute Gasteiger partial charge is 0.481 e. The van der Waals surface area contributed by atoms with Gasteiger partial charge in [-0.15, -0.1) is 0 Å². The maximum absolute atomic E-state index is 10.3. The summed E-state index contributed by atoms with van der Waals surface area (Å²) in [5, 5.41) is 32.7. The average molecular weight is 423 g/mol. The molecule has 0 saturated heterocycles. The number of rotatable bonds is 9. The van der Waals surface area contributed by atoms with Gasteiger partial charge in [-0.2, -0.15) is 12.6 Å². The van der Waals surface area contributed by atoms with Gasteiger partial charge in [0.1, 0.15) is 18.1 Å². The van der Waals surface area contributed by atoms with Crippen molar-refractivity contribution in [3.8, 4) is 0 Å². The van der Waals surface area contributed by atoms with Crippen LogP contribution in [0, 0.1) is 0 Å². The summed E-state index contributed by atoms with van der Waals surface area (Å²) in [5.41, 5.74) is 15.9. The molecule has 0 aliphatic rings. The zero-order valence-corrected chi connectivity index (χ0v) is 15.7. The Morgan fingerprint density at radius 3 is 1.75 bits per heavy atom. The summed E-state index contributed by atoms with van der Waals surface area (Å²) in [6, 6.07) is -2.73. The van der Waals surface area contributed by atoms with Crippen molar-refractivity contribution in [2.75, 3.05) is 5.75 Å². The van der Waals surface area contributed by atoms with Crippen molar-refractivity contribution in [2.45, 2.75) is 37.4 Å². The average Bonchev–Trinajstić information content (AvgIpc) is 3.12. The van der Waals surface area contributed by atoms with Crippen molar-refractivity contribution < 1.29 is 39.6 Å². The lowest BCUT2D eigenvalue weighted by atomic mass is 10.2. The molecule has 11 N–H and O–H groups in total. The lowest BCUT2D eigenvalue weighted by Gasteiger charge is -2.02. The first kappa shape index (κ1) is 27.5. The number of aromatic amines is 1. The Labute approximate surface area is 165 Å². The maximum atomic E-state index is 10.3. The number of hydrogen-bond donors (Lipinski definition) is 9. The molecule has 1 aromatic heterocycles. The number of carbonyl (C=O) groups is 4. The highest BCUT2D eigenvalue weighted by Crippen LogP contribution is 1.95. The predicted molar refractivity (Wildman–Crippen MR) is 99.8 cm³/mol. The third-order valence-corrected chi connectivity index (χ3v) is 3.21. The summed E-state index contributed by atoms with van der Waals surface area (Å²) >= 11 is 3.65. The molecular weight excluding hydrogens is 398 g/mol. The molecule has 3 atom stereocenters. The van der Waals surface area contributed by atoms with Crippen LogP contribution in [0.4, 0.5) is 0 Å². The first-order valence-corrected chi connectivity index (χ1v) is 8.30. The fraction of sp³-hybridized carbons (Fsp3) is 0.500. The SMILES string of the molecule is NC(CCC(=O)O)C(=O)O.NC(CS)C(=O)O.NC(Cc1cnc[nH]1)C(=O)O. The summed E-state index contributed by atoms with van der Waals surface area (Å²) in [5.74, 6) is -4.01. The van der Waals surface area contributed by atoms with E-state index >= 15 is 0 Å². The minimum Gasteiger partial charge on any atom is -0.481 e. The Morgan fingerprint density at radius 2 is 1.46 bits per heavy atom. The number of nitrogens with one attached hydrogen (secondary N) is 1. The molecule has 0 radical (unpaired) electrons. The van der Waals surface area contributed by atoms with Gasteiger partial charge in [-0.1, -0.05) is 0 Å². The zero-order valence-electron chi connectivity index (χ0n) is 14.8. The second kappa shape index (κ2) is 15.4. The Balaban J connectivity index is 0. The van der Waals surface area contributed by atoms with E-state index in [-0.39, 0.29) is 25.0 Å². The number of H-pyrrole nitrogens is 1. The van der Waals surface area contributed by atoms with Crippen LogP contribution in [-0.2, 0) is 25.6 Å². The highest BCUT2D eigenvalue weighted by Gasteiger charge is 2.12. The van der Waals surface area contributed by atoms with Gasteiger partial charge in [-0.3, -0.25) is 19.2 Å². The van der Waals surface area contributed by atoms with E-state index in [0.717, 1.165) is 5.69 Å². The molecule has 0 aliphatic heterocycles. The highest BCUT2D eigenvalue weighted by atomic mass is 32.1. The van der Waals surface area contributed by atoms with E-state index in [9.17, 15) is 19.2 Å². The monoisotopic (exact) mass is 423 g/mol. The molecule has 1 aromatic rings. The van der Waals surface area contributed by atoms with Crippen molar-refractivity contribution in [1.29, 1.82) is 0 Å². The van der Waals surface area contributed by atoms with Gasteiger partial charge in [0.05, 0.1) is 6.33 Å². The summed E-state index contributed by atoms with van der Waals surface area (Å²) in [7, 11) is 0. The van der Waals surface area contributed by atoms with Crippen molar-refractivity contribution in [3.05, 3.63) is 18.2 Å². The number of carboxylic acids is 4. The van der Waals surface area contributed by atoms with Crippen molar-refractivity contribution >= 4 is 36.5 Å². The van der Waals surface area contributed by atoms with Crippen LogP contribution in [0.2, 0.25) is 0 Å². The fourth-order valence-electron chi connectivity index (χ4n) is 1.20. The molecule has 0 saturated carbocycles. The highest BCUT2D eigenvalue weighted by molar-refractivity contribution is 7.80. The summed E-state index contributed by atoms with van der Waals surface area (Å²) in [6.45, 7) is 0. The molecule has 0 bridgehead atoms. The van der Waals surface area contributed by atoms with E-state index in [0.29, 0.717) is 0 Å². The van der Waals surface area contributed by atoms with E-state index in [1.54, 1.807) is 6.20 Å². The molecule has 0 fully saturated rings. The lowest BCUT2D eigenvalue weighted by Crippen LogP contribution is -2.32. The number of nitrogens with zero attached hydrogens (tertiary/aromatic N) is 1. The van der Waals surface area contributed by atoms with Gasteiger partial charge in [-0.05, 0) is 6.42 Å². The first-order valence-electron chi connectivity index (χ1n) is 7.67. The standard InChI is InChI=1S/C6H9N3O2.C5H9NO4.C3H7NO2S/c7-5(6(10)11)1-4-2-8-3-9-4;6-3(5(9)10)1-2-4(7)8;4-2(1-7)3(5)6/h2-3,5H,1,7H2,(H,8,9)(H,10,11);3H,1-2,6H2,(H,7,8)(H,9,10);2,7H,1,4H2,(H,5,6). The van der Waals surface area contributed by atoms with E-state index in [4.69, 9.17) is 37.6 Å². The third-order valence-electron chi connectivity index (χ3n) is 2.81. The zero-order chi connectivity index (χ0) is 22.3. The van der Waals surface area contributed by atoms with Crippen LogP contribution in [0.25, 0.3) is 0 Å². The summed E-state index contributed by atoms with van der Waals surface area (Å²) < 4.78 is 0. The number of hydrogen-bond acceptors (Lipinski definition) is 9. The van der Waals surface area contributed by atoms with Gasteiger partial charge < -0.3 is 42.6 Å². The van der Waals surface area contributed by atoms with Gasteiger partial charge in [0.15, 0.2) is 0 Å². The Bertz CT molecular complexity index is 613. The van der Waals surface area contributed by atoms with Gasteiger partial charge in [-0.25, -0.2) is 4.98 Å². The van der Waals surface area contributed by atoms with Gasteiger partial charge in [0.2, 0.25) is 0 Å². The molecule has 0 spiro atoms.